The molecule has 1 aromatic heterocycles. The fourth-order valence-electron chi connectivity index (χ4n) is 2.82. The number of nitrogens with zero attached hydrogens (tertiary/aromatic N) is 1. The van der Waals surface area contributed by atoms with Crippen molar-refractivity contribution in [1.82, 2.24) is 15.0 Å². The zero-order chi connectivity index (χ0) is 16.4. The van der Waals surface area contributed by atoms with Crippen molar-refractivity contribution in [2.24, 2.45) is 0 Å². The number of aryl methyl sites for hydroxylation is 1. The highest BCUT2D eigenvalue weighted by Gasteiger charge is 2.28. The van der Waals surface area contributed by atoms with Crippen LogP contribution in [0, 0.1) is 6.92 Å². The minimum absolute atomic E-state index is 0.156. The van der Waals surface area contributed by atoms with Gasteiger partial charge in [-0.25, -0.2) is 8.42 Å². The Morgan fingerprint density at radius 3 is 2.91 bits per heavy atom. The first kappa shape index (κ1) is 15.9. The van der Waals surface area contributed by atoms with Crippen LogP contribution in [0.1, 0.15) is 24.8 Å². The number of sulfonamides is 1. The molecule has 1 aromatic carbocycles. The van der Waals surface area contributed by atoms with Gasteiger partial charge in [-0.1, -0.05) is 6.07 Å². The fraction of sp³-hybridized carbons (Fsp3) is 0.375. The van der Waals surface area contributed by atoms with Crippen LogP contribution in [-0.4, -0.2) is 31.9 Å². The summed E-state index contributed by atoms with van der Waals surface area (Å²) < 4.78 is 28.1. The summed E-state index contributed by atoms with van der Waals surface area (Å²) in [4.78, 5) is 16.4. The van der Waals surface area contributed by atoms with Crippen molar-refractivity contribution in [2.75, 3.05) is 6.54 Å². The molecule has 1 fully saturated rings. The van der Waals surface area contributed by atoms with Crippen molar-refractivity contribution in [3.05, 3.63) is 36.0 Å². The first-order valence-electron chi connectivity index (χ1n) is 7.63. The molecular formula is C16H19N3O3S. The molecule has 1 amide bonds. The van der Waals surface area contributed by atoms with E-state index in [2.05, 4.69) is 15.0 Å². The SMILES string of the molecule is Cc1ccc(S(=O)(=O)N[C@@H]2CCCCNC2=O)c2cccnc12. The van der Waals surface area contributed by atoms with Gasteiger partial charge in [-0.3, -0.25) is 9.78 Å². The number of hydrogen-bond acceptors (Lipinski definition) is 4. The first-order chi connectivity index (χ1) is 11.0. The van der Waals surface area contributed by atoms with Gasteiger partial charge in [-0.2, -0.15) is 4.72 Å². The molecule has 2 aromatic rings. The van der Waals surface area contributed by atoms with Crippen molar-refractivity contribution in [1.29, 1.82) is 0 Å². The van der Waals surface area contributed by atoms with Crippen LogP contribution in [0.2, 0.25) is 0 Å². The average Bonchev–Trinajstić information content (AvgIpc) is 2.72. The third-order valence-corrected chi connectivity index (χ3v) is 5.58. The van der Waals surface area contributed by atoms with E-state index in [1.54, 1.807) is 30.5 Å². The maximum absolute atomic E-state index is 12.8. The molecule has 23 heavy (non-hydrogen) atoms. The summed E-state index contributed by atoms with van der Waals surface area (Å²) in [5.41, 5.74) is 1.56. The van der Waals surface area contributed by atoms with Crippen molar-refractivity contribution in [3.8, 4) is 0 Å². The highest BCUT2D eigenvalue weighted by atomic mass is 32.2. The number of rotatable bonds is 3. The third-order valence-electron chi connectivity index (χ3n) is 4.05. The summed E-state index contributed by atoms with van der Waals surface area (Å²) in [6, 6.07) is 6.01. The standard InChI is InChI=1S/C16H19N3O3S/c1-11-7-8-14(12-5-4-10-17-15(11)12)23(21,22)19-13-6-2-3-9-18-16(13)20/h4-5,7-8,10,13,19H,2-3,6,9H2,1H3,(H,18,20)/t13-/m1/s1. The first-order valence-corrected chi connectivity index (χ1v) is 9.12. The molecule has 3 rings (SSSR count). The summed E-state index contributed by atoms with van der Waals surface area (Å²) in [6.07, 6.45) is 3.81. The molecule has 1 saturated heterocycles. The highest BCUT2D eigenvalue weighted by molar-refractivity contribution is 7.89. The fourth-order valence-corrected chi connectivity index (χ4v) is 4.25. The number of carbonyl (C=O) groups is 1. The molecule has 0 radical (unpaired) electrons. The second-order valence-electron chi connectivity index (χ2n) is 5.74. The number of nitrogens with one attached hydrogen (secondary N) is 2. The van der Waals surface area contributed by atoms with Crippen molar-refractivity contribution < 1.29 is 13.2 Å². The number of carbonyl (C=O) groups excluding carboxylic acids is 1. The Bertz CT molecular complexity index is 849. The van der Waals surface area contributed by atoms with Gasteiger partial charge in [0.15, 0.2) is 0 Å². The van der Waals surface area contributed by atoms with Crippen LogP contribution < -0.4 is 10.0 Å². The molecule has 1 aliphatic heterocycles. The van der Waals surface area contributed by atoms with E-state index < -0.39 is 16.1 Å². The molecule has 2 N–H and O–H groups in total. The summed E-state index contributed by atoms with van der Waals surface area (Å²) in [5, 5.41) is 3.30. The Balaban J connectivity index is 2.00. The van der Waals surface area contributed by atoms with Crippen LogP contribution in [0.3, 0.4) is 0 Å². The van der Waals surface area contributed by atoms with Gasteiger partial charge in [-0.05, 0) is 49.9 Å². The largest absolute Gasteiger partial charge is 0.355 e. The molecule has 0 aliphatic carbocycles. The van der Waals surface area contributed by atoms with Gasteiger partial charge in [0.25, 0.3) is 0 Å². The van der Waals surface area contributed by atoms with Crippen LogP contribution in [0.4, 0.5) is 0 Å². The number of hydrogen-bond donors (Lipinski definition) is 2. The smallest absolute Gasteiger partial charge is 0.241 e. The van der Waals surface area contributed by atoms with Crippen molar-refractivity contribution in [2.45, 2.75) is 37.1 Å². The van der Waals surface area contributed by atoms with E-state index in [9.17, 15) is 13.2 Å². The number of benzene rings is 1. The molecule has 7 heteroatoms. The van der Waals surface area contributed by atoms with Gasteiger partial charge in [0.1, 0.15) is 6.04 Å². The lowest BCUT2D eigenvalue weighted by Crippen LogP contribution is -2.45. The van der Waals surface area contributed by atoms with E-state index in [0.717, 1.165) is 18.4 Å². The molecule has 6 nitrogen and oxygen atoms in total. The predicted octanol–water partition coefficient (Wildman–Crippen LogP) is 1.49. The van der Waals surface area contributed by atoms with E-state index >= 15 is 0 Å². The number of fused-ring (bicyclic) bond motifs is 1. The second-order valence-corrected chi connectivity index (χ2v) is 7.42. The predicted molar refractivity (Wildman–Crippen MR) is 87.5 cm³/mol. The van der Waals surface area contributed by atoms with Crippen LogP contribution >= 0.6 is 0 Å². The van der Waals surface area contributed by atoms with Crippen molar-refractivity contribution in [3.63, 3.8) is 0 Å². The minimum Gasteiger partial charge on any atom is -0.355 e. The van der Waals surface area contributed by atoms with E-state index in [1.165, 1.54) is 0 Å². The van der Waals surface area contributed by atoms with E-state index in [-0.39, 0.29) is 10.8 Å². The normalized spacial score (nSPS) is 19.3. The number of pyridine rings is 1. The van der Waals surface area contributed by atoms with Gasteiger partial charge >= 0.3 is 0 Å². The van der Waals surface area contributed by atoms with E-state index in [1.807, 2.05) is 6.92 Å². The van der Waals surface area contributed by atoms with Gasteiger partial charge < -0.3 is 5.32 Å². The summed E-state index contributed by atoms with van der Waals surface area (Å²) in [6.45, 7) is 2.48. The monoisotopic (exact) mass is 333 g/mol. The van der Waals surface area contributed by atoms with E-state index in [4.69, 9.17) is 0 Å². The zero-order valence-electron chi connectivity index (χ0n) is 12.9. The Labute approximate surface area is 135 Å². The minimum atomic E-state index is -3.80. The van der Waals surface area contributed by atoms with Crippen LogP contribution in [0.15, 0.2) is 35.4 Å². The van der Waals surface area contributed by atoms with Gasteiger partial charge in [-0.15, -0.1) is 0 Å². The summed E-state index contributed by atoms with van der Waals surface area (Å²) >= 11 is 0. The second kappa shape index (κ2) is 6.25. The molecule has 0 unspecified atom stereocenters. The van der Waals surface area contributed by atoms with Crippen LogP contribution in [-0.2, 0) is 14.8 Å². The van der Waals surface area contributed by atoms with E-state index in [0.29, 0.717) is 23.9 Å². The molecule has 1 atom stereocenters. The Hall–Kier alpha value is -1.99. The molecule has 1 aliphatic rings. The quantitative estimate of drug-likeness (QED) is 0.891. The lowest BCUT2D eigenvalue weighted by Gasteiger charge is -2.16. The lowest BCUT2D eigenvalue weighted by molar-refractivity contribution is -0.122. The summed E-state index contributed by atoms with van der Waals surface area (Å²) in [5.74, 6) is -0.263. The van der Waals surface area contributed by atoms with Crippen LogP contribution in [0.25, 0.3) is 10.9 Å². The van der Waals surface area contributed by atoms with Gasteiger partial charge in [0.2, 0.25) is 15.9 Å². The maximum atomic E-state index is 12.8. The average molecular weight is 333 g/mol. The number of aromatic nitrogens is 1. The zero-order valence-corrected chi connectivity index (χ0v) is 13.7. The van der Waals surface area contributed by atoms with Crippen LogP contribution in [0.5, 0.6) is 0 Å². The molecule has 0 spiro atoms. The molecule has 2 heterocycles. The van der Waals surface area contributed by atoms with Gasteiger partial charge in [0, 0.05) is 18.1 Å². The summed E-state index contributed by atoms with van der Waals surface area (Å²) in [7, 11) is -3.80. The molecule has 122 valence electrons. The highest BCUT2D eigenvalue weighted by Crippen LogP contribution is 2.24. The van der Waals surface area contributed by atoms with Crippen molar-refractivity contribution >= 4 is 26.8 Å². The maximum Gasteiger partial charge on any atom is 0.241 e. The Morgan fingerprint density at radius 2 is 2.09 bits per heavy atom. The Morgan fingerprint density at radius 1 is 1.26 bits per heavy atom. The topological polar surface area (TPSA) is 88.2 Å². The number of amides is 1. The lowest BCUT2D eigenvalue weighted by atomic mass is 10.1. The molecule has 0 bridgehead atoms. The molecular weight excluding hydrogens is 314 g/mol. The molecule has 0 saturated carbocycles. The Kier molecular flexibility index (Phi) is 4.32. The van der Waals surface area contributed by atoms with Gasteiger partial charge in [0.05, 0.1) is 10.4 Å². The third kappa shape index (κ3) is 3.20.